The van der Waals surface area contributed by atoms with Crippen molar-refractivity contribution in [3.63, 3.8) is 0 Å². The number of carbonyl (C=O) groups is 1. The smallest absolute Gasteiger partial charge is 0.267 e. The molecule has 1 N–H and O–H groups in total. The Morgan fingerprint density at radius 3 is 2.63 bits per heavy atom. The number of amides is 1. The number of rotatable bonds is 3. The lowest BCUT2D eigenvalue weighted by Gasteiger charge is -2.09. The van der Waals surface area contributed by atoms with Crippen LogP contribution in [0.2, 0.25) is 5.02 Å². The van der Waals surface area contributed by atoms with Gasteiger partial charge in [0.05, 0.1) is 22.5 Å². The first-order valence-electron chi connectivity index (χ1n) is 7.82. The summed E-state index contributed by atoms with van der Waals surface area (Å²) in [4.78, 5) is 29.2. The molecular weight excluding hydrogens is 373 g/mol. The average Bonchev–Trinajstić information content (AvgIpc) is 3.09. The Bertz CT molecular complexity index is 1200. The van der Waals surface area contributed by atoms with E-state index in [2.05, 4.69) is 15.5 Å². The van der Waals surface area contributed by atoms with E-state index < -0.39 is 17.3 Å². The Morgan fingerprint density at radius 1 is 1.11 bits per heavy atom. The zero-order valence-corrected chi connectivity index (χ0v) is 14.4. The molecule has 9 heteroatoms. The molecule has 0 unspecified atom stereocenters. The summed E-state index contributed by atoms with van der Waals surface area (Å²) in [7, 11) is 0. The van der Waals surface area contributed by atoms with Crippen molar-refractivity contribution < 1.29 is 9.18 Å². The molecule has 0 aliphatic rings. The Hall–Kier alpha value is -3.52. The molecule has 2 aromatic heterocycles. The fraction of sp³-hybridized carbons (Fsp3) is 0. The molecule has 0 saturated heterocycles. The van der Waals surface area contributed by atoms with Crippen LogP contribution in [0, 0.1) is 5.82 Å². The van der Waals surface area contributed by atoms with Crippen LogP contribution in [0.15, 0.2) is 65.8 Å². The fourth-order valence-electron chi connectivity index (χ4n) is 2.63. The van der Waals surface area contributed by atoms with Crippen LogP contribution in [0.3, 0.4) is 0 Å². The minimum Gasteiger partial charge on any atom is -0.267 e. The van der Waals surface area contributed by atoms with Gasteiger partial charge in [-0.2, -0.15) is 5.10 Å². The summed E-state index contributed by atoms with van der Waals surface area (Å²) in [6.07, 6.45) is 2.49. The SMILES string of the molecule is O=C(Nn1cnc2c(cnn2-c2ccccc2)c1=O)c1c(F)cccc1Cl. The maximum Gasteiger partial charge on any atom is 0.283 e. The molecule has 4 rings (SSSR count). The van der Waals surface area contributed by atoms with Gasteiger partial charge in [-0.1, -0.05) is 35.9 Å². The summed E-state index contributed by atoms with van der Waals surface area (Å²) in [6.45, 7) is 0. The van der Waals surface area contributed by atoms with E-state index in [1.54, 1.807) is 0 Å². The van der Waals surface area contributed by atoms with Gasteiger partial charge in [0.25, 0.3) is 11.5 Å². The highest BCUT2D eigenvalue weighted by molar-refractivity contribution is 6.34. The van der Waals surface area contributed by atoms with Gasteiger partial charge in [-0.25, -0.2) is 18.7 Å². The van der Waals surface area contributed by atoms with Crippen LogP contribution in [0.25, 0.3) is 16.7 Å². The predicted molar refractivity (Wildman–Crippen MR) is 98.2 cm³/mol. The second kappa shape index (κ2) is 6.65. The Labute approximate surface area is 156 Å². The minimum absolute atomic E-state index is 0.0634. The van der Waals surface area contributed by atoms with E-state index in [0.717, 1.165) is 22.8 Å². The fourth-order valence-corrected chi connectivity index (χ4v) is 2.88. The Morgan fingerprint density at radius 2 is 1.89 bits per heavy atom. The number of fused-ring (bicyclic) bond motifs is 1. The molecule has 0 spiro atoms. The van der Waals surface area contributed by atoms with Gasteiger partial charge in [-0.3, -0.25) is 15.0 Å². The number of nitrogens with one attached hydrogen (secondary N) is 1. The second-order valence-corrected chi connectivity index (χ2v) is 5.99. The number of para-hydroxylation sites is 1. The number of hydrogen-bond acceptors (Lipinski definition) is 4. The van der Waals surface area contributed by atoms with Crippen LogP contribution in [-0.4, -0.2) is 25.3 Å². The average molecular weight is 384 g/mol. The first-order valence-corrected chi connectivity index (χ1v) is 8.20. The topological polar surface area (TPSA) is 81.8 Å². The van der Waals surface area contributed by atoms with E-state index in [0.29, 0.717) is 5.65 Å². The van der Waals surface area contributed by atoms with Crippen LogP contribution >= 0.6 is 11.6 Å². The van der Waals surface area contributed by atoms with Gasteiger partial charge in [0.15, 0.2) is 5.65 Å². The molecule has 7 nitrogen and oxygen atoms in total. The van der Waals surface area contributed by atoms with Gasteiger partial charge < -0.3 is 0 Å². The molecule has 134 valence electrons. The third kappa shape index (κ3) is 2.96. The second-order valence-electron chi connectivity index (χ2n) is 5.59. The summed E-state index contributed by atoms with van der Waals surface area (Å²) >= 11 is 5.88. The third-order valence-corrected chi connectivity index (χ3v) is 4.22. The van der Waals surface area contributed by atoms with E-state index in [4.69, 9.17) is 11.6 Å². The lowest BCUT2D eigenvalue weighted by Crippen LogP contribution is -2.33. The predicted octanol–water partition coefficient (Wildman–Crippen LogP) is 2.76. The lowest BCUT2D eigenvalue weighted by atomic mass is 10.2. The van der Waals surface area contributed by atoms with Crippen LogP contribution in [0.5, 0.6) is 0 Å². The number of benzene rings is 2. The van der Waals surface area contributed by atoms with Crippen molar-refractivity contribution in [3.8, 4) is 5.69 Å². The van der Waals surface area contributed by atoms with Crippen LogP contribution in [-0.2, 0) is 0 Å². The van der Waals surface area contributed by atoms with Gasteiger partial charge in [0.2, 0.25) is 0 Å². The maximum atomic E-state index is 13.9. The summed E-state index contributed by atoms with van der Waals surface area (Å²) in [5.74, 6) is -1.66. The summed E-state index contributed by atoms with van der Waals surface area (Å²) in [6, 6.07) is 13.0. The zero-order valence-electron chi connectivity index (χ0n) is 13.6. The molecule has 27 heavy (non-hydrogen) atoms. The molecule has 2 heterocycles. The van der Waals surface area contributed by atoms with Crippen LogP contribution < -0.4 is 11.0 Å². The quantitative estimate of drug-likeness (QED) is 0.589. The molecule has 0 fully saturated rings. The molecule has 4 aromatic rings. The van der Waals surface area contributed by atoms with Gasteiger partial charge >= 0.3 is 0 Å². The normalized spacial score (nSPS) is 10.9. The monoisotopic (exact) mass is 383 g/mol. The largest absolute Gasteiger partial charge is 0.283 e. The van der Waals surface area contributed by atoms with Crippen molar-refractivity contribution in [2.24, 2.45) is 0 Å². The van der Waals surface area contributed by atoms with Crippen LogP contribution in [0.4, 0.5) is 4.39 Å². The number of halogens is 2. The summed E-state index contributed by atoms with van der Waals surface area (Å²) < 4.78 is 16.3. The number of hydrogen-bond donors (Lipinski definition) is 1. The lowest BCUT2D eigenvalue weighted by molar-refractivity contribution is 0.100. The van der Waals surface area contributed by atoms with Crippen molar-refractivity contribution in [2.75, 3.05) is 5.43 Å². The van der Waals surface area contributed by atoms with E-state index >= 15 is 0 Å². The highest BCUT2D eigenvalue weighted by atomic mass is 35.5. The molecule has 1 amide bonds. The van der Waals surface area contributed by atoms with E-state index in [9.17, 15) is 14.0 Å². The maximum absolute atomic E-state index is 13.9. The first-order chi connectivity index (χ1) is 13.1. The zero-order chi connectivity index (χ0) is 19.0. The Balaban J connectivity index is 1.73. The van der Waals surface area contributed by atoms with Crippen molar-refractivity contribution in [3.05, 3.63) is 87.8 Å². The number of aromatic nitrogens is 4. The highest BCUT2D eigenvalue weighted by Crippen LogP contribution is 2.19. The molecule has 2 aromatic carbocycles. The molecule has 0 aliphatic carbocycles. The molecule has 0 saturated carbocycles. The van der Waals surface area contributed by atoms with Crippen molar-refractivity contribution >= 4 is 28.5 Å². The highest BCUT2D eigenvalue weighted by Gasteiger charge is 2.18. The van der Waals surface area contributed by atoms with Crippen molar-refractivity contribution in [1.29, 1.82) is 0 Å². The Kier molecular flexibility index (Phi) is 4.17. The molecular formula is C18H11ClFN5O2. The standard InChI is InChI=1S/C18H11ClFN5O2/c19-13-7-4-8-14(20)15(13)17(26)23-24-10-21-16-12(18(24)27)9-22-25(16)11-5-2-1-3-6-11/h1-10H,(H,23,26). The van der Waals surface area contributed by atoms with E-state index in [-0.39, 0.29) is 16.0 Å². The molecule has 0 atom stereocenters. The van der Waals surface area contributed by atoms with Crippen molar-refractivity contribution in [1.82, 2.24) is 19.4 Å². The van der Waals surface area contributed by atoms with E-state index in [1.807, 2.05) is 30.3 Å². The van der Waals surface area contributed by atoms with Crippen molar-refractivity contribution in [2.45, 2.75) is 0 Å². The summed E-state index contributed by atoms with van der Waals surface area (Å²) in [5.41, 5.74) is 2.45. The molecule has 0 radical (unpaired) electrons. The molecule has 0 bridgehead atoms. The number of nitrogens with zero attached hydrogens (tertiary/aromatic N) is 4. The molecule has 0 aliphatic heterocycles. The minimum atomic E-state index is -0.864. The third-order valence-electron chi connectivity index (χ3n) is 3.90. The van der Waals surface area contributed by atoms with Gasteiger partial charge in [0, 0.05) is 0 Å². The first kappa shape index (κ1) is 16.9. The number of carbonyl (C=O) groups excluding carboxylic acids is 1. The van der Waals surface area contributed by atoms with Gasteiger partial charge in [-0.15, -0.1) is 0 Å². The van der Waals surface area contributed by atoms with Gasteiger partial charge in [-0.05, 0) is 24.3 Å². The van der Waals surface area contributed by atoms with E-state index in [1.165, 1.54) is 23.0 Å². The van der Waals surface area contributed by atoms with Crippen LogP contribution in [0.1, 0.15) is 10.4 Å². The summed E-state index contributed by atoms with van der Waals surface area (Å²) in [5, 5.41) is 4.31. The van der Waals surface area contributed by atoms with Gasteiger partial charge in [0.1, 0.15) is 17.5 Å².